The summed E-state index contributed by atoms with van der Waals surface area (Å²) < 4.78 is 2.16. The maximum absolute atomic E-state index is 4.49. The average Bonchev–Trinajstić information content (AvgIpc) is 3.17. The number of hydrogen-bond donors (Lipinski definition) is 0. The molecule has 0 bridgehead atoms. The van der Waals surface area contributed by atoms with Crippen molar-refractivity contribution >= 4 is 11.8 Å². The number of para-hydroxylation sites is 1. The summed E-state index contributed by atoms with van der Waals surface area (Å²) in [5.41, 5.74) is 3.55. The van der Waals surface area contributed by atoms with Gasteiger partial charge in [-0.2, -0.15) is 0 Å². The zero-order valence-corrected chi connectivity index (χ0v) is 15.8. The topological polar surface area (TPSA) is 30.7 Å². The summed E-state index contributed by atoms with van der Waals surface area (Å²) in [7, 11) is 0. The van der Waals surface area contributed by atoms with Crippen molar-refractivity contribution in [3.63, 3.8) is 0 Å². The third kappa shape index (κ3) is 4.29. The molecule has 0 atom stereocenters. The Morgan fingerprint density at radius 2 is 1.33 bits per heavy atom. The molecule has 4 heteroatoms. The van der Waals surface area contributed by atoms with Crippen molar-refractivity contribution in [2.24, 2.45) is 0 Å². The predicted octanol–water partition coefficient (Wildman–Crippen LogP) is 5.66. The van der Waals surface area contributed by atoms with E-state index in [1.807, 2.05) is 36.4 Å². The highest BCUT2D eigenvalue weighted by atomic mass is 32.2. The molecule has 0 aliphatic rings. The molecule has 3 nitrogen and oxygen atoms in total. The lowest BCUT2D eigenvalue weighted by molar-refractivity contribution is 0.875. The molecule has 3 aromatic carbocycles. The van der Waals surface area contributed by atoms with Gasteiger partial charge in [-0.25, -0.2) is 0 Å². The van der Waals surface area contributed by atoms with E-state index in [9.17, 15) is 0 Å². The van der Waals surface area contributed by atoms with Crippen LogP contribution in [0.1, 0.15) is 12.0 Å². The summed E-state index contributed by atoms with van der Waals surface area (Å²) in [4.78, 5) is 0. The van der Waals surface area contributed by atoms with Crippen molar-refractivity contribution in [3.05, 3.63) is 96.6 Å². The van der Waals surface area contributed by atoms with Crippen molar-refractivity contribution in [1.82, 2.24) is 14.8 Å². The van der Waals surface area contributed by atoms with Crippen LogP contribution in [-0.4, -0.2) is 20.5 Å². The van der Waals surface area contributed by atoms with Gasteiger partial charge in [0, 0.05) is 17.0 Å². The molecule has 0 saturated carbocycles. The van der Waals surface area contributed by atoms with Gasteiger partial charge < -0.3 is 0 Å². The number of benzene rings is 3. The smallest absolute Gasteiger partial charge is 0.196 e. The first-order valence-electron chi connectivity index (χ1n) is 9.15. The molecule has 0 spiro atoms. The monoisotopic (exact) mass is 371 g/mol. The Labute approximate surface area is 164 Å². The van der Waals surface area contributed by atoms with Crippen LogP contribution in [0.5, 0.6) is 0 Å². The van der Waals surface area contributed by atoms with Crippen LogP contribution in [-0.2, 0) is 6.42 Å². The number of hydrogen-bond acceptors (Lipinski definition) is 3. The van der Waals surface area contributed by atoms with Gasteiger partial charge in [0.2, 0.25) is 0 Å². The second-order valence-electron chi connectivity index (χ2n) is 6.28. The van der Waals surface area contributed by atoms with Crippen molar-refractivity contribution in [2.75, 3.05) is 5.75 Å². The summed E-state index contributed by atoms with van der Waals surface area (Å²) in [5.74, 6) is 1.89. The van der Waals surface area contributed by atoms with Crippen LogP contribution in [0.2, 0.25) is 0 Å². The maximum atomic E-state index is 4.49. The predicted molar refractivity (Wildman–Crippen MR) is 112 cm³/mol. The van der Waals surface area contributed by atoms with Gasteiger partial charge in [-0.15, -0.1) is 10.2 Å². The highest BCUT2D eigenvalue weighted by molar-refractivity contribution is 7.99. The van der Waals surface area contributed by atoms with E-state index in [2.05, 4.69) is 69.4 Å². The summed E-state index contributed by atoms with van der Waals surface area (Å²) >= 11 is 1.77. The first kappa shape index (κ1) is 17.6. The van der Waals surface area contributed by atoms with E-state index in [-0.39, 0.29) is 0 Å². The fourth-order valence-electron chi connectivity index (χ4n) is 3.03. The molecule has 134 valence electrons. The van der Waals surface area contributed by atoms with Gasteiger partial charge in [0.25, 0.3) is 0 Å². The summed E-state index contributed by atoms with van der Waals surface area (Å²) in [6.07, 6.45) is 2.19. The molecule has 1 heterocycles. The number of rotatable bonds is 7. The first-order valence-corrected chi connectivity index (χ1v) is 10.1. The van der Waals surface area contributed by atoms with Crippen LogP contribution in [0.15, 0.2) is 96.2 Å². The second-order valence-corrected chi connectivity index (χ2v) is 7.34. The zero-order valence-electron chi connectivity index (χ0n) is 15.0. The standard InChI is InChI=1S/C23H21N3S/c1-4-11-19(12-5-1)13-10-18-27-23-25-24-22(20-14-6-2-7-15-20)26(23)21-16-8-3-9-17-21/h1-9,11-12,14-17H,10,13,18H2. The molecule has 0 saturated heterocycles. The number of aryl methyl sites for hydroxylation is 1. The van der Waals surface area contributed by atoms with Gasteiger partial charge in [-0.05, 0) is 30.5 Å². The maximum Gasteiger partial charge on any atom is 0.196 e. The summed E-state index contributed by atoms with van der Waals surface area (Å²) in [6, 6.07) is 31.2. The lowest BCUT2D eigenvalue weighted by Crippen LogP contribution is -2.00. The fourth-order valence-corrected chi connectivity index (χ4v) is 3.92. The van der Waals surface area contributed by atoms with E-state index < -0.39 is 0 Å². The molecule has 0 amide bonds. The van der Waals surface area contributed by atoms with E-state index in [0.29, 0.717) is 0 Å². The molecule has 1 aromatic heterocycles. The summed E-state index contributed by atoms with van der Waals surface area (Å²) in [5, 5.41) is 9.92. The Morgan fingerprint density at radius 1 is 0.704 bits per heavy atom. The van der Waals surface area contributed by atoms with Gasteiger partial charge in [-0.3, -0.25) is 4.57 Å². The molecular formula is C23H21N3S. The quantitative estimate of drug-likeness (QED) is 0.310. The normalized spacial score (nSPS) is 10.8. The molecule has 27 heavy (non-hydrogen) atoms. The minimum absolute atomic E-state index is 0.882. The van der Waals surface area contributed by atoms with Crippen LogP contribution in [0, 0.1) is 0 Å². The van der Waals surface area contributed by atoms with Crippen LogP contribution < -0.4 is 0 Å². The molecule has 0 fully saturated rings. The van der Waals surface area contributed by atoms with Crippen LogP contribution in [0.3, 0.4) is 0 Å². The number of aromatic nitrogens is 3. The van der Waals surface area contributed by atoms with E-state index in [4.69, 9.17) is 0 Å². The molecule has 0 aliphatic carbocycles. The van der Waals surface area contributed by atoms with Gasteiger partial charge in [0.1, 0.15) is 0 Å². The van der Waals surface area contributed by atoms with Crippen molar-refractivity contribution < 1.29 is 0 Å². The molecule has 0 N–H and O–H groups in total. The molecule has 0 radical (unpaired) electrons. The Bertz CT molecular complexity index is 966. The SMILES string of the molecule is c1ccc(CCCSc2nnc(-c3ccccc3)n2-c2ccccc2)cc1. The second kappa shape index (κ2) is 8.69. The van der Waals surface area contributed by atoms with Gasteiger partial charge in [-0.1, -0.05) is 90.6 Å². The van der Waals surface area contributed by atoms with Gasteiger partial charge in [0.15, 0.2) is 11.0 Å². The lowest BCUT2D eigenvalue weighted by atomic mass is 10.1. The first-order chi connectivity index (χ1) is 13.4. The van der Waals surface area contributed by atoms with E-state index >= 15 is 0 Å². The van der Waals surface area contributed by atoms with Crippen molar-refractivity contribution in [2.45, 2.75) is 18.0 Å². The van der Waals surface area contributed by atoms with E-state index in [1.165, 1.54) is 5.56 Å². The van der Waals surface area contributed by atoms with Crippen LogP contribution >= 0.6 is 11.8 Å². The molecular weight excluding hydrogens is 350 g/mol. The Hall–Kier alpha value is -2.85. The van der Waals surface area contributed by atoms with E-state index in [0.717, 1.165) is 40.8 Å². The van der Waals surface area contributed by atoms with Gasteiger partial charge >= 0.3 is 0 Å². The largest absolute Gasteiger partial charge is 0.270 e. The Kier molecular flexibility index (Phi) is 5.65. The molecule has 4 rings (SSSR count). The number of nitrogens with zero attached hydrogens (tertiary/aromatic N) is 3. The van der Waals surface area contributed by atoms with Crippen molar-refractivity contribution in [1.29, 1.82) is 0 Å². The zero-order chi connectivity index (χ0) is 18.3. The highest BCUT2D eigenvalue weighted by Crippen LogP contribution is 2.28. The molecule has 0 unspecified atom stereocenters. The van der Waals surface area contributed by atoms with E-state index in [1.54, 1.807) is 11.8 Å². The Balaban J connectivity index is 1.55. The highest BCUT2D eigenvalue weighted by Gasteiger charge is 2.15. The van der Waals surface area contributed by atoms with Crippen LogP contribution in [0.4, 0.5) is 0 Å². The summed E-state index contributed by atoms with van der Waals surface area (Å²) in [6.45, 7) is 0. The fraction of sp³-hybridized carbons (Fsp3) is 0.130. The minimum Gasteiger partial charge on any atom is -0.270 e. The van der Waals surface area contributed by atoms with Crippen LogP contribution in [0.25, 0.3) is 17.1 Å². The third-order valence-corrected chi connectivity index (χ3v) is 5.38. The molecule has 4 aromatic rings. The average molecular weight is 372 g/mol. The minimum atomic E-state index is 0.882. The van der Waals surface area contributed by atoms with Gasteiger partial charge in [0.05, 0.1) is 0 Å². The third-order valence-electron chi connectivity index (χ3n) is 4.36. The molecule has 0 aliphatic heterocycles. The number of thioether (sulfide) groups is 1. The Morgan fingerprint density at radius 3 is 2.04 bits per heavy atom. The van der Waals surface area contributed by atoms with Crippen molar-refractivity contribution in [3.8, 4) is 17.1 Å². The lowest BCUT2D eigenvalue weighted by Gasteiger charge is -2.10.